The Kier molecular flexibility index (Phi) is 5.98. The van der Waals surface area contributed by atoms with Crippen LogP contribution >= 0.6 is 0 Å². The Labute approximate surface area is 165 Å². The molecule has 2 saturated carbocycles. The molecule has 2 aliphatic carbocycles. The Morgan fingerprint density at radius 3 is 2.88 bits per heavy atom. The van der Waals surface area contributed by atoms with Gasteiger partial charge in [-0.15, -0.1) is 11.8 Å². The molecule has 0 radical (unpaired) electrons. The lowest BCUT2D eigenvalue weighted by molar-refractivity contribution is -0.137. The first-order valence-corrected chi connectivity index (χ1v) is 9.90. The number of allylic oxidation sites excluding steroid dienone is 4. The fraction of sp³-hybridized carbons (Fsp3) is 0.708. The lowest BCUT2D eigenvalue weighted by Gasteiger charge is -2.20. The van der Waals surface area contributed by atoms with Gasteiger partial charge in [0.1, 0.15) is 0 Å². The van der Waals surface area contributed by atoms with Gasteiger partial charge >= 0.3 is 5.97 Å². The second kappa shape index (κ2) is 10.0. The van der Waals surface area contributed by atoms with E-state index in [0.29, 0.717) is 35.5 Å². The van der Waals surface area contributed by atoms with Gasteiger partial charge in [-0.05, 0) is 74.5 Å². The molecule has 0 spiro atoms. The lowest BCUT2D eigenvalue weighted by atomic mass is 9.85. The van der Waals surface area contributed by atoms with Gasteiger partial charge in [-0.1, -0.05) is 44.6 Å². The predicted molar refractivity (Wildman–Crippen MR) is 109 cm³/mol. The quantitative estimate of drug-likeness (QED) is 0.420. The van der Waals surface area contributed by atoms with Crippen molar-refractivity contribution in [1.82, 2.24) is 0 Å². The van der Waals surface area contributed by atoms with Crippen LogP contribution in [0, 0.1) is 47.3 Å². The first-order valence-electron chi connectivity index (χ1n) is 11.9. The van der Waals surface area contributed by atoms with E-state index in [4.69, 9.17) is 10.6 Å². The maximum absolute atomic E-state index is 11.1. The molecule has 2 aliphatic rings. The van der Waals surface area contributed by atoms with Gasteiger partial charge < -0.3 is 5.11 Å². The van der Waals surface area contributed by atoms with Crippen LogP contribution in [-0.4, -0.2) is 11.1 Å². The van der Waals surface area contributed by atoms with E-state index in [1.165, 1.54) is 0 Å². The topological polar surface area (TPSA) is 37.3 Å². The Balaban J connectivity index is 2.03. The second-order valence-electron chi connectivity index (χ2n) is 8.15. The molecule has 0 heterocycles. The zero-order valence-electron chi connectivity index (χ0n) is 20.6. The largest absolute Gasteiger partial charge is 0.481 e. The molecule has 2 nitrogen and oxygen atoms in total. The minimum Gasteiger partial charge on any atom is -0.481 e. The Hall–Kier alpha value is -1.49. The summed E-state index contributed by atoms with van der Waals surface area (Å²) in [6.07, 6.45) is 4.86. The Morgan fingerprint density at radius 2 is 2.19 bits per heavy atom. The smallest absolute Gasteiger partial charge is 0.303 e. The minimum absolute atomic E-state index is 0.204. The van der Waals surface area contributed by atoms with E-state index in [0.717, 1.165) is 31.3 Å². The number of aliphatic carboxylic acids is 1. The maximum atomic E-state index is 11.1. The summed E-state index contributed by atoms with van der Waals surface area (Å²) in [6, 6.07) is 0. The van der Waals surface area contributed by atoms with E-state index < -0.39 is 18.7 Å². The molecule has 1 N–H and O–H groups in total. The number of carboxylic acids is 1. The number of fused-ring (bicyclic) bond motifs is 1. The number of rotatable bonds is 8. The van der Waals surface area contributed by atoms with Crippen molar-refractivity contribution in [3.05, 3.63) is 23.8 Å². The molecule has 0 saturated heterocycles. The summed E-state index contributed by atoms with van der Waals surface area (Å²) in [6.45, 7) is 8.67. The first kappa shape index (κ1) is 15.6. The van der Waals surface area contributed by atoms with Crippen molar-refractivity contribution >= 4 is 5.97 Å². The van der Waals surface area contributed by atoms with E-state index in [1.54, 1.807) is 6.08 Å². The second-order valence-corrected chi connectivity index (χ2v) is 8.15. The van der Waals surface area contributed by atoms with Crippen molar-refractivity contribution in [3.8, 4) is 11.8 Å². The monoisotopic (exact) mass is 360 g/mol. The van der Waals surface area contributed by atoms with Gasteiger partial charge in [-0.3, -0.25) is 4.79 Å². The predicted octanol–water partition coefficient (Wildman–Crippen LogP) is 6.09. The average Bonchev–Trinajstić information content (AvgIpc) is 3.18. The van der Waals surface area contributed by atoms with Crippen LogP contribution in [0.2, 0.25) is 0 Å². The van der Waals surface area contributed by atoms with Crippen LogP contribution in [-0.2, 0) is 4.79 Å². The van der Waals surface area contributed by atoms with Gasteiger partial charge in [0.2, 0.25) is 0 Å². The van der Waals surface area contributed by atoms with Crippen LogP contribution in [0.25, 0.3) is 0 Å². The highest BCUT2D eigenvalue weighted by molar-refractivity contribution is 5.66. The molecule has 0 amide bonds. The van der Waals surface area contributed by atoms with Crippen molar-refractivity contribution in [2.24, 2.45) is 35.5 Å². The van der Waals surface area contributed by atoms with Gasteiger partial charge in [-0.2, -0.15) is 0 Å². The zero-order chi connectivity index (χ0) is 22.7. The Morgan fingerprint density at radius 1 is 1.42 bits per heavy atom. The molecule has 26 heavy (non-hydrogen) atoms. The maximum Gasteiger partial charge on any atom is 0.303 e. The van der Waals surface area contributed by atoms with Crippen LogP contribution < -0.4 is 0 Å². The van der Waals surface area contributed by atoms with Crippen molar-refractivity contribution in [2.45, 2.75) is 72.5 Å². The summed E-state index contributed by atoms with van der Waals surface area (Å²) in [4.78, 5) is 11.1. The van der Waals surface area contributed by atoms with Crippen LogP contribution in [0.5, 0.6) is 0 Å². The summed E-state index contributed by atoms with van der Waals surface area (Å²) in [5, 5.41) is 9.00. The molecular weight excluding hydrogens is 320 g/mol. The van der Waals surface area contributed by atoms with Crippen LogP contribution in [0.15, 0.2) is 23.8 Å². The van der Waals surface area contributed by atoms with Gasteiger partial charge in [0.15, 0.2) is 0 Å². The number of carboxylic acid groups (broad SMARTS) is 1. The molecule has 2 rings (SSSR count). The molecule has 0 bridgehead atoms. The summed E-state index contributed by atoms with van der Waals surface area (Å²) >= 11 is 0. The molecular formula is C24H36O2. The van der Waals surface area contributed by atoms with E-state index >= 15 is 0 Å². The van der Waals surface area contributed by atoms with Crippen LogP contribution in [0.3, 0.4) is 0 Å². The SMILES string of the molecule is [2H]C([2H])(C/C=C1\C[C@H]2C[C@@H](C)[C@H](/C=C/[C@@H](C)C(C)CC#CC)[C@H]2C1)C([2H])([2H])C(=O)O. The third-order valence-corrected chi connectivity index (χ3v) is 6.28. The molecule has 0 aromatic carbocycles. The van der Waals surface area contributed by atoms with Gasteiger partial charge in [-0.25, -0.2) is 0 Å². The lowest BCUT2D eigenvalue weighted by Crippen LogP contribution is -2.12. The highest BCUT2D eigenvalue weighted by atomic mass is 16.4. The summed E-state index contributed by atoms with van der Waals surface area (Å²) in [7, 11) is 0. The summed E-state index contributed by atoms with van der Waals surface area (Å²) in [5.74, 6) is 7.64. The molecule has 0 aromatic heterocycles. The molecule has 2 heteroatoms. The van der Waals surface area contributed by atoms with E-state index in [2.05, 4.69) is 44.8 Å². The van der Waals surface area contributed by atoms with Gasteiger partial charge in [0.05, 0.1) is 0 Å². The van der Waals surface area contributed by atoms with Crippen molar-refractivity contribution in [3.63, 3.8) is 0 Å². The molecule has 2 fully saturated rings. The van der Waals surface area contributed by atoms with Crippen molar-refractivity contribution < 1.29 is 15.4 Å². The molecule has 6 atom stereocenters. The number of carbonyl (C=O) groups is 1. The molecule has 1 unspecified atom stereocenters. The summed E-state index contributed by atoms with van der Waals surface area (Å²) < 4.78 is 30.9. The van der Waals surface area contributed by atoms with Crippen molar-refractivity contribution in [2.75, 3.05) is 0 Å². The summed E-state index contributed by atoms with van der Waals surface area (Å²) in [5.41, 5.74) is 1.15. The average molecular weight is 361 g/mol. The third kappa shape index (κ3) is 5.76. The van der Waals surface area contributed by atoms with E-state index in [1.807, 2.05) is 6.92 Å². The highest BCUT2D eigenvalue weighted by Gasteiger charge is 2.43. The number of hydrogen-bond acceptors (Lipinski definition) is 1. The first-order chi connectivity index (χ1) is 13.9. The minimum atomic E-state index is -2.90. The van der Waals surface area contributed by atoms with E-state index in [-0.39, 0.29) is 6.42 Å². The van der Waals surface area contributed by atoms with Crippen molar-refractivity contribution in [1.29, 1.82) is 0 Å². The fourth-order valence-corrected chi connectivity index (χ4v) is 4.57. The number of hydrogen-bond donors (Lipinski definition) is 1. The van der Waals surface area contributed by atoms with Gasteiger partial charge in [0.25, 0.3) is 0 Å². The highest BCUT2D eigenvalue weighted by Crippen LogP contribution is 2.53. The Bertz CT molecular complexity index is 744. The van der Waals surface area contributed by atoms with E-state index in [9.17, 15) is 4.79 Å². The molecule has 0 aliphatic heterocycles. The third-order valence-electron chi connectivity index (χ3n) is 6.28. The zero-order valence-corrected chi connectivity index (χ0v) is 16.6. The standard InChI is InChI=1S/C24H36O2/c1-5-6-9-17(2)18(3)12-13-22-19(4)14-21-15-20(16-23(21)22)10-7-8-11-24(25)26/h10,12-13,17-19,21-23H,7-9,11,14-16H2,1-4H3,(H,25,26)/b13-12+,20-10+/t17?,18-,19-,21-,22+,23+/m1/s1/i8D2,11D2. The van der Waals surface area contributed by atoms with Crippen LogP contribution in [0.4, 0.5) is 0 Å². The van der Waals surface area contributed by atoms with Crippen LogP contribution in [0.1, 0.15) is 78.0 Å². The molecule has 0 aromatic rings. The fourth-order valence-electron chi connectivity index (χ4n) is 4.57. The normalized spacial score (nSPS) is 35.0. The van der Waals surface area contributed by atoms with Gasteiger partial charge in [0, 0.05) is 18.3 Å². The molecule has 144 valence electrons.